The van der Waals surface area contributed by atoms with E-state index in [1.54, 1.807) is 12.3 Å². The van der Waals surface area contributed by atoms with Gasteiger partial charge in [0.05, 0.1) is 0 Å². The van der Waals surface area contributed by atoms with Gasteiger partial charge in [0.2, 0.25) is 5.88 Å². The zero-order valence-corrected chi connectivity index (χ0v) is 8.83. The first-order valence-electron chi connectivity index (χ1n) is 5.07. The zero-order valence-electron chi connectivity index (χ0n) is 8.83. The predicted molar refractivity (Wildman–Crippen MR) is 61.9 cm³/mol. The molecule has 0 atom stereocenters. The molecule has 3 rings (SSSR count). The molecule has 0 bridgehead atoms. The van der Waals surface area contributed by atoms with Gasteiger partial charge in [-0.3, -0.25) is 14.3 Å². The molecule has 17 heavy (non-hydrogen) atoms. The van der Waals surface area contributed by atoms with Gasteiger partial charge in [0, 0.05) is 36.1 Å². The fourth-order valence-corrected chi connectivity index (χ4v) is 1.66. The molecule has 0 saturated carbocycles. The number of rotatable bonds is 2. The second kappa shape index (κ2) is 3.48. The Labute approximate surface area is 96.5 Å². The van der Waals surface area contributed by atoms with Crippen molar-refractivity contribution in [1.82, 2.24) is 9.55 Å². The van der Waals surface area contributed by atoms with E-state index in [4.69, 9.17) is 10.2 Å². The molecule has 1 amide bonds. The number of carbonyl (C=O) groups is 1. The fraction of sp³-hybridized carbons (Fsp3) is 0. The molecule has 84 valence electrons. The van der Waals surface area contributed by atoms with Gasteiger partial charge in [-0.05, 0) is 12.1 Å². The summed E-state index contributed by atoms with van der Waals surface area (Å²) in [7, 11) is 0. The summed E-state index contributed by atoms with van der Waals surface area (Å²) in [4.78, 5) is 15.0. The van der Waals surface area contributed by atoms with Crippen LogP contribution in [0.25, 0.3) is 16.9 Å². The second-order valence-corrected chi connectivity index (χ2v) is 3.65. The quantitative estimate of drug-likeness (QED) is 0.724. The summed E-state index contributed by atoms with van der Waals surface area (Å²) in [6, 6.07) is 7.21. The summed E-state index contributed by atoms with van der Waals surface area (Å²) in [5, 5.41) is 0.832. The van der Waals surface area contributed by atoms with E-state index in [0.29, 0.717) is 11.5 Å². The number of furan rings is 1. The first-order chi connectivity index (χ1) is 8.24. The number of primary amides is 1. The lowest BCUT2D eigenvalue weighted by Gasteiger charge is -1.94. The van der Waals surface area contributed by atoms with Crippen LogP contribution in [0.4, 0.5) is 0 Å². The molecule has 0 radical (unpaired) electrons. The van der Waals surface area contributed by atoms with E-state index >= 15 is 0 Å². The summed E-state index contributed by atoms with van der Waals surface area (Å²) < 4.78 is 7.46. The highest BCUT2D eigenvalue weighted by molar-refractivity contribution is 5.94. The van der Waals surface area contributed by atoms with Gasteiger partial charge < -0.3 is 10.2 Å². The van der Waals surface area contributed by atoms with Gasteiger partial charge in [0.1, 0.15) is 11.3 Å². The van der Waals surface area contributed by atoms with Crippen molar-refractivity contribution >= 4 is 16.9 Å². The Morgan fingerprint density at radius 3 is 2.76 bits per heavy atom. The van der Waals surface area contributed by atoms with Crippen molar-refractivity contribution < 1.29 is 9.21 Å². The normalized spacial score (nSPS) is 10.8. The van der Waals surface area contributed by atoms with Crippen LogP contribution in [0.2, 0.25) is 0 Å². The van der Waals surface area contributed by atoms with Crippen LogP contribution in [0.1, 0.15) is 10.5 Å². The molecule has 0 aliphatic carbocycles. The number of nitrogens with zero attached hydrogens (tertiary/aromatic N) is 2. The third-order valence-electron chi connectivity index (χ3n) is 2.50. The molecule has 3 heterocycles. The van der Waals surface area contributed by atoms with Crippen molar-refractivity contribution in [3.05, 3.63) is 48.5 Å². The van der Waals surface area contributed by atoms with Gasteiger partial charge in [-0.25, -0.2) is 0 Å². The molecule has 5 nitrogen and oxygen atoms in total. The second-order valence-electron chi connectivity index (χ2n) is 3.65. The minimum Gasteiger partial charge on any atom is -0.440 e. The predicted octanol–water partition coefficient (Wildman–Crippen LogP) is 1.72. The first kappa shape index (κ1) is 9.65. The highest BCUT2D eigenvalue weighted by Crippen LogP contribution is 2.22. The Balaban J connectivity index is 2.16. The molecular formula is C12H9N3O2. The van der Waals surface area contributed by atoms with Gasteiger partial charge in [-0.15, -0.1) is 0 Å². The first-order valence-corrected chi connectivity index (χ1v) is 5.07. The number of carbonyl (C=O) groups excluding carboxylic acids is 1. The minimum absolute atomic E-state index is 0.200. The number of nitrogens with two attached hydrogens (primary N) is 1. The van der Waals surface area contributed by atoms with Crippen molar-refractivity contribution in [2.45, 2.75) is 0 Å². The molecule has 0 spiro atoms. The highest BCUT2D eigenvalue weighted by Gasteiger charge is 2.08. The average Bonchev–Trinajstić information content (AvgIpc) is 2.96. The van der Waals surface area contributed by atoms with Crippen molar-refractivity contribution in [2.75, 3.05) is 0 Å². The topological polar surface area (TPSA) is 74.1 Å². The van der Waals surface area contributed by atoms with Crippen LogP contribution >= 0.6 is 0 Å². The summed E-state index contributed by atoms with van der Waals surface area (Å²) in [5.41, 5.74) is 5.95. The zero-order chi connectivity index (χ0) is 11.8. The molecule has 0 unspecified atom stereocenters. The maximum absolute atomic E-state index is 11.0. The van der Waals surface area contributed by atoms with E-state index in [0.717, 1.165) is 5.39 Å². The van der Waals surface area contributed by atoms with E-state index in [2.05, 4.69) is 4.98 Å². The number of pyridine rings is 1. The van der Waals surface area contributed by atoms with Gasteiger partial charge in [0.25, 0.3) is 5.91 Å². The number of fused-ring (bicyclic) bond motifs is 1. The molecule has 0 aliphatic rings. The average molecular weight is 227 g/mol. The molecule has 5 heteroatoms. The van der Waals surface area contributed by atoms with Crippen LogP contribution in [0.15, 0.2) is 47.3 Å². The van der Waals surface area contributed by atoms with Crippen molar-refractivity contribution in [1.29, 1.82) is 0 Å². The van der Waals surface area contributed by atoms with Crippen LogP contribution in [0, 0.1) is 0 Å². The summed E-state index contributed by atoms with van der Waals surface area (Å²) >= 11 is 0. The molecule has 0 fully saturated rings. The molecule has 0 aliphatic heterocycles. The molecule has 3 aromatic heterocycles. The monoisotopic (exact) mass is 227 g/mol. The standard InChI is InChI=1S/C12H9N3O2/c13-12(16)9-6-10-8(7-14-9)5-11(17-10)15-3-1-2-4-15/h1-7H,(H2,13,16). The number of hydrogen-bond donors (Lipinski definition) is 1. The fourth-order valence-electron chi connectivity index (χ4n) is 1.66. The van der Waals surface area contributed by atoms with E-state index in [1.807, 2.05) is 35.2 Å². The van der Waals surface area contributed by atoms with Crippen LogP contribution in [-0.2, 0) is 0 Å². The Bertz CT molecular complexity index is 683. The van der Waals surface area contributed by atoms with Crippen LogP contribution in [0.3, 0.4) is 0 Å². The Kier molecular flexibility index (Phi) is 1.98. The van der Waals surface area contributed by atoms with E-state index < -0.39 is 5.91 Å². The van der Waals surface area contributed by atoms with Crippen LogP contribution < -0.4 is 5.73 Å². The summed E-state index contributed by atoms with van der Waals surface area (Å²) in [6.45, 7) is 0. The lowest BCUT2D eigenvalue weighted by atomic mass is 10.3. The van der Waals surface area contributed by atoms with Gasteiger partial charge in [-0.1, -0.05) is 0 Å². The molecule has 2 N–H and O–H groups in total. The van der Waals surface area contributed by atoms with Crippen molar-refractivity contribution in [2.24, 2.45) is 5.73 Å². The third kappa shape index (κ3) is 1.57. The molecule has 0 saturated heterocycles. The summed E-state index contributed by atoms with van der Waals surface area (Å²) in [5.74, 6) is 0.110. The minimum atomic E-state index is -0.564. The highest BCUT2D eigenvalue weighted by atomic mass is 16.4. The van der Waals surface area contributed by atoms with Gasteiger partial charge in [0.15, 0.2) is 0 Å². The van der Waals surface area contributed by atoms with Crippen molar-refractivity contribution in [3.8, 4) is 5.88 Å². The van der Waals surface area contributed by atoms with E-state index in [1.165, 1.54) is 0 Å². The SMILES string of the molecule is NC(=O)c1cc2oc(-n3cccc3)cc2cn1. The Morgan fingerprint density at radius 1 is 1.29 bits per heavy atom. The van der Waals surface area contributed by atoms with Gasteiger partial charge in [-0.2, -0.15) is 0 Å². The maximum Gasteiger partial charge on any atom is 0.267 e. The Hall–Kier alpha value is -2.56. The lowest BCUT2D eigenvalue weighted by molar-refractivity contribution is 0.0995. The number of aromatic nitrogens is 2. The molecule has 0 aromatic carbocycles. The Morgan fingerprint density at radius 2 is 2.06 bits per heavy atom. The largest absolute Gasteiger partial charge is 0.440 e. The number of amides is 1. The lowest BCUT2D eigenvalue weighted by Crippen LogP contribution is -2.12. The maximum atomic E-state index is 11.0. The third-order valence-corrected chi connectivity index (χ3v) is 2.50. The van der Waals surface area contributed by atoms with Crippen LogP contribution in [-0.4, -0.2) is 15.5 Å². The van der Waals surface area contributed by atoms with E-state index in [9.17, 15) is 4.79 Å². The van der Waals surface area contributed by atoms with Crippen molar-refractivity contribution in [3.63, 3.8) is 0 Å². The summed E-state index contributed by atoms with van der Waals surface area (Å²) in [6.07, 6.45) is 5.33. The molecule has 3 aromatic rings. The van der Waals surface area contributed by atoms with Gasteiger partial charge >= 0.3 is 0 Å². The molecular weight excluding hydrogens is 218 g/mol. The van der Waals surface area contributed by atoms with E-state index in [-0.39, 0.29) is 5.69 Å². The number of hydrogen-bond acceptors (Lipinski definition) is 3. The van der Waals surface area contributed by atoms with Crippen LogP contribution in [0.5, 0.6) is 0 Å². The smallest absolute Gasteiger partial charge is 0.267 e.